The van der Waals surface area contributed by atoms with E-state index in [1.54, 1.807) is 37.4 Å². The summed E-state index contributed by atoms with van der Waals surface area (Å²) < 4.78 is 16.6. The van der Waals surface area contributed by atoms with Gasteiger partial charge in [0, 0.05) is 37.7 Å². The quantitative estimate of drug-likeness (QED) is 0.324. The summed E-state index contributed by atoms with van der Waals surface area (Å²) in [7, 11) is 3.00. The summed E-state index contributed by atoms with van der Waals surface area (Å²) in [6, 6.07) is 20.0. The monoisotopic (exact) mass is 556 g/mol. The second-order valence-corrected chi connectivity index (χ2v) is 9.83. The minimum absolute atomic E-state index is 0.0951. The van der Waals surface area contributed by atoms with Gasteiger partial charge in [-0.15, -0.1) is 0 Å². The molecule has 0 aliphatic carbocycles. The number of carbonyl (C=O) groups is 2. The van der Waals surface area contributed by atoms with Crippen LogP contribution in [0, 0.1) is 0 Å². The normalized spacial score (nSPS) is 14.7. The third-order valence-electron chi connectivity index (χ3n) is 6.54. The number of ether oxygens (including phenoxy) is 3. The van der Waals surface area contributed by atoms with Crippen LogP contribution < -0.4 is 4.74 Å². The Morgan fingerprint density at radius 2 is 1.66 bits per heavy atom. The summed E-state index contributed by atoms with van der Waals surface area (Å²) in [4.78, 5) is 28.8. The molecule has 38 heavy (non-hydrogen) atoms. The number of carbonyl (C=O) groups excluding carboxylic acids is 2. The van der Waals surface area contributed by atoms with E-state index < -0.39 is 0 Å². The third kappa shape index (κ3) is 7.05. The van der Waals surface area contributed by atoms with Gasteiger partial charge in [-0.2, -0.15) is 0 Å². The second-order valence-electron chi connectivity index (χ2n) is 8.98. The van der Waals surface area contributed by atoms with Gasteiger partial charge in [-0.05, 0) is 53.6 Å². The fourth-order valence-electron chi connectivity index (χ4n) is 4.35. The fraction of sp³-hybridized carbons (Fsp3) is 0.310. The van der Waals surface area contributed by atoms with Crippen molar-refractivity contribution in [1.82, 2.24) is 9.80 Å². The van der Waals surface area contributed by atoms with Crippen LogP contribution in [0.3, 0.4) is 0 Å². The maximum atomic E-state index is 13.0. The number of piperazine rings is 1. The molecule has 0 saturated carbocycles. The molecule has 0 radical (unpaired) electrons. The van der Waals surface area contributed by atoms with Gasteiger partial charge >= 0.3 is 5.97 Å². The van der Waals surface area contributed by atoms with Crippen molar-refractivity contribution in [2.24, 2.45) is 0 Å². The molecule has 1 heterocycles. The van der Waals surface area contributed by atoms with E-state index in [1.165, 1.54) is 7.11 Å². The highest BCUT2D eigenvalue weighted by Crippen LogP contribution is 2.26. The lowest BCUT2D eigenvalue weighted by molar-refractivity contribution is 0.00332. The largest absolute Gasteiger partial charge is 0.497 e. The van der Waals surface area contributed by atoms with Gasteiger partial charge < -0.3 is 19.1 Å². The Balaban J connectivity index is 1.41. The standard InChI is InChI=1S/C29H30Cl2N2O5/c1-36-24-5-3-4-22(16-24)27(38-19-20-6-8-21(9-7-20)29(35)37-2)18-32-12-14-33(15-13-32)28(34)25-11-10-23(30)17-26(25)31/h3-11,16-17,27H,12-15,18-19H2,1-2H3/t27-/m0/s1. The van der Waals surface area contributed by atoms with Crippen molar-refractivity contribution in [1.29, 1.82) is 0 Å². The molecule has 1 saturated heterocycles. The van der Waals surface area contributed by atoms with Crippen molar-refractivity contribution >= 4 is 35.1 Å². The van der Waals surface area contributed by atoms with Gasteiger partial charge in [0.05, 0.1) is 43.1 Å². The Hall–Kier alpha value is -3.10. The molecule has 1 fully saturated rings. The van der Waals surface area contributed by atoms with Gasteiger partial charge in [0.15, 0.2) is 0 Å². The molecule has 0 aromatic heterocycles. The minimum Gasteiger partial charge on any atom is -0.497 e. The van der Waals surface area contributed by atoms with E-state index in [1.807, 2.05) is 41.3 Å². The molecule has 4 rings (SSSR count). The van der Waals surface area contributed by atoms with E-state index in [0.29, 0.717) is 60.5 Å². The second kappa shape index (κ2) is 13.1. The van der Waals surface area contributed by atoms with Gasteiger partial charge in [0.2, 0.25) is 0 Å². The predicted molar refractivity (Wildman–Crippen MR) is 147 cm³/mol. The number of benzene rings is 3. The zero-order chi connectivity index (χ0) is 27.1. The average Bonchev–Trinajstić information content (AvgIpc) is 2.95. The molecule has 9 heteroatoms. The third-order valence-corrected chi connectivity index (χ3v) is 7.08. The number of hydrogen-bond acceptors (Lipinski definition) is 6. The van der Waals surface area contributed by atoms with Crippen LogP contribution in [-0.4, -0.2) is 68.6 Å². The number of hydrogen-bond donors (Lipinski definition) is 0. The first kappa shape index (κ1) is 27.9. The molecule has 7 nitrogen and oxygen atoms in total. The molecule has 0 spiro atoms. The first-order chi connectivity index (χ1) is 18.4. The smallest absolute Gasteiger partial charge is 0.337 e. The molecule has 0 bridgehead atoms. The number of amides is 1. The lowest BCUT2D eigenvalue weighted by atomic mass is 10.1. The first-order valence-electron chi connectivity index (χ1n) is 12.3. The van der Waals surface area contributed by atoms with Crippen molar-refractivity contribution in [2.45, 2.75) is 12.7 Å². The highest BCUT2D eigenvalue weighted by Gasteiger charge is 2.26. The highest BCUT2D eigenvalue weighted by molar-refractivity contribution is 6.36. The van der Waals surface area contributed by atoms with Crippen LogP contribution in [0.1, 0.15) is 37.9 Å². The van der Waals surface area contributed by atoms with Crippen LogP contribution in [0.4, 0.5) is 0 Å². The Morgan fingerprint density at radius 1 is 0.921 bits per heavy atom. The zero-order valence-electron chi connectivity index (χ0n) is 21.4. The minimum atomic E-state index is -0.373. The maximum Gasteiger partial charge on any atom is 0.337 e. The van der Waals surface area contributed by atoms with Gasteiger partial charge in [-0.3, -0.25) is 9.69 Å². The summed E-state index contributed by atoms with van der Waals surface area (Å²) in [6.07, 6.45) is -0.224. The van der Waals surface area contributed by atoms with Crippen LogP contribution >= 0.6 is 23.2 Å². The number of methoxy groups -OCH3 is 2. The SMILES string of the molecule is COC(=O)c1ccc(CO[C@@H](CN2CCN(C(=O)c3ccc(Cl)cc3Cl)CC2)c2cccc(OC)c2)cc1. The molecule has 1 aliphatic rings. The summed E-state index contributed by atoms with van der Waals surface area (Å²) in [6.45, 7) is 3.59. The summed E-state index contributed by atoms with van der Waals surface area (Å²) in [5.41, 5.74) is 2.90. The number of nitrogens with zero attached hydrogens (tertiary/aromatic N) is 2. The molecule has 1 aliphatic heterocycles. The fourth-order valence-corrected chi connectivity index (χ4v) is 4.84. The van der Waals surface area contributed by atoms with Crippen LogP contribution in [0.15, 0.2) is 66.7 Å². The van der Waals surface area contributed by atoms with Crippen LogP contribution in [0.25, 0.3) is 0 Å². The van der Waals surface area contributed by atoms with Crippen molar-refractivity contribution in [3.63, 3.8) is 0 Å². The number of halogens is 2. The van der Waals surface area contributed by atoms with E-state index in [9.17, 15) is 9.59 Å². The number of rotatable bonds is 9. The van der Waals surface area contributed by atoms with Crippen LogP contribution in [-0.2, 0) is 16.1 Å². The van der Waals surface area contributed by atoms with E-state index in [4.69, 9.17) is 37.4 Å². The number of esters is 1. The van der Waals surface area contributed by atoms with Crippen LogP contribution in [0.2, 0.25) is 10.0 Å². The Kier molecular flexibility index (Phi) is 9.63. The zero-order valence-corrected chi connectivity index (χ0v) is 22.9. The Labute approximate surface area is 232 Å². The highest BCUT2D eigenvalue weighted by atomic mass is 35.5. The van der Waals surface area contributed by atoms with Gasteiger partial charge in [-0.25, -0.2) is 4.79 Å². The molecule has 1 atom stereocenters. The predicted octanol–water partition coefficient (Wildman–Crippen LogP) is 5.50. The van der Waals surface area contributed by atoms with Gasteiger partial charge in [0.25, 0.3) is 5.91 Å². The molecule has 1 amide bonds. The molecular formula is C29H30Cl2N2O5. The molecule has 0 N–H and O–H groups in total. The molecule has 0 unspecified atom stereocenters. The average molecular weight is 557 g/mol. The lowest BCUT2D eigenvalue weighted by Crippen LogP contribution is -2.49. The van der Waals surface area contributed by atoms with E-state index in [-0.39, 0.29) is 18.0 Å². The maximum absolute atomic E-state index is 13.0. The lowest BCUT2D eigenvalue weighted by Gasteiger charge is -2.36. The molecule has 200 valence electrons. The van der Waals surface area contributed by atoms with Crippen molar-refractivity contribution in [3.05, 3.63) is 99.0 Å². The molecule has 3 aromatic carbocycles. The van der Waals surface area contributed by atoms with E-state index >= 15 is 0 Å². The first-order valence-corrected chi connectivity index (χ1v) is 13.0. The van der Waals surface area contributed by atoms with Crippen molar-refractivity contribution in [2.75, 3.05) is 46.9 Å². The van der Waals surface area contributed by atoms with Crippen LogP contribution in [0.5, 0.6) is 5.75 Å². The van der Waals surface area contributed by atoms with E-state index in [0.717, 1.165) is 16.9 Å². The Morgan fingerprint density at radius 3 is 2.32 bits per heavy atom. The van der Waals surface area contributed by atoms with E-state index in [2.05, 4.69) is 4.90 Å². The van der Waals surface area contributed by atoms with Gasteiger partial charge in [0.1, 0.15) is 5.75 Å². The Bertz CT molecular complexity index is 1260. The van der Waals surface area contributed by atoms with Gasteiger partial charge in [-0.1, -0.05) is 47.5 Å². The summed E-state index contributed by atoms with van der Waals surface area (Å²) >= 11 is 12.2. The molecular weight excluding hydrogens is 527 g/mol. The summed E-state index contributed by atoms with van der Waals surface area (Å²) in [5.74, 6) is 0.291. The van der Waals surface area contributed by atoms with Crippen molar-refractivity contribution in [3.8, 4) is 5.75 Å². The molecule has 3 aromatic rings. The topological polar surface area (TPSA) is 68.3 Å². The van der Waals surface area contributed by atoms with Crippen molar-refractivity contribution < 1.29 is 23.8 Å². The summed E-state index contributed by atoms with van der Waals surface area (Å²) in [5, 5.41) is 0.857.